The van der Waals surface area contributed by atoms with Gasteiger partial charge in [0.2, 0.25) is 0 Å². The predicted octanol–water partition coefficient (Wildman–Crippen LogP) is 3.20. The second-order valence-electron chi connectivity index (χ2n) is 6.74. The average molecular weight is 299 g/mol. The van der Waals surface area contributed by atoms with Crippen LogP contribution in [0.25, 0.3) is 10.9 Å². The van der Waals surface area contributed by atoms with E-state index in [2.05, 4.69) is 28.2 Å². The summed E-state index contributed by atoms with van der Waals surface area (Å²) < 4.78 is 7.38. The largest absolute Gasteiger partial charge is 0.385 e. The molecule has 1 N–H and O–H groups in total. The number of aromatic nitrogens is 2. The maximum absolute atomic E-state index is 5.19. The van der Waals surface area contributed by atoms with Crippen LogP contribution in [0.2, 0.25) is 0 Å². The van der Waals surface area contributed by atoms with Crippen molar-refractivity contribution in [2.24, 2.45) is 0 Å². The summed E-state index contributed by atoms with van der Waals surface area (Å²) in [6.45, 7) is 2.71. The van der Waals surface area contributed by atoms with Crippen molar-refractivity contribution in [1.82, 2.24) is 15.1 Å². The van der Waals surface area contributed by atoms with Crippen LogP contribution >= 0.6 is 0 Å². The van der Waals surface area contributed by atoms with Gasteiger partial charge in [0.1, 0.15) is 0 Å². The van der Waals surface area contributed by atoms with Gasteiger partial charge in [0.25, 0.3) is 0 Å². The minimum atomic E-state index is 0.696. The predicted molar refractivity (Wildman–Crippen MR) is 88.1 cm³/mol. The molecule has 4 heteroatoms. The van der Waals surface area contributed by atoms with Gasteiger partial charge in [-0.25, -0.2) is 0 Å². The van der Waals surface area contributed by atoms with Crippen molar-refractivity contribution in [3.8, 4) is 0 Å². The number of nitrogens with one attached hydrogen (secondary N) is 1. The van der Waals surface area contributed by atoms with Gasteiger partial charge in [0, 0.05) is 44.2 Å². The van der Waals surface area contributed by atoms with Crippen molar-refractivity contribution in [2.75, 3.05) is 13.7 Å². The van der Waals surface area contributed by atoms with Crippen molar-refractivity contribution >= 4 is 10.9 Å². The van der Waals surface area contributed by atoms with E-state index in [0.717, 1.165) is 32.2 Å². The molecule has 0 bridgehead atoms. The van der Waals surface area contributed by atoms with E-state index in [1.165, 1.54) is 47.8 Å². The SMILES string of the molecule is COCCCn1nc(C2CC2)c2ccc(CNC3CC3)cc21. The fraction of sp³-hybridized carbons (Fsp3) is 0.611. The molecule has 0 saturated heterocycles. The monoisotopic (exact) mass is 299 g/mol. The molecule has 0 amide bonds. The second-order valence-corrected chi connectivity index (χ2v) is 6.74. The molecule has 2 aliphatic carbocycles. The Bertz CT molecular complexity index is 656. The second kappa shape index (κ2) is 6.01. The lowest BCUT2D eigenvalue weighted by Gasteiger charge is -2.06. The molecule has 4 nitrogen and oxygen atoms in total. The lowest BCUT2D eigenvalue weighted by atomic mass is 10.1. The van der Waals surface area contributed by atoms with Crippen molar-refractivity contribution in [3.63, 3.8) is 0 Å². The Morgan fingerprint density at radius 2 is 2.14 bits per heavy atom. The highest BCUT2D eigenvalue weighted by Crippen LogP contribution is 2.42. The van der Waals surface area contributed by atoms with E-state index in [-0.39, 0.29) is 0 Å². The molecule has 118 valence electrons. The van der Waals surface area contributed by atoms with Crippen molar-refractivity contribution in [2.45, 2.75) is 57.2 Å². The third-order valence-electron chi connectivity index (χ3n) is 4.70. The van der Waals surface area contributed by atoms with Crippen molar-refractivity contribution in [3.05, 3.63) is 29.5 Å². The molecule has 22 heavy (non-hydrogen) atoms. The summed E-state index contributed by atoms with van der Waals surface area (Å²) >= 11 is 0. The third kappa shape index (κ3) is 3.03. The van der Waals surface area contributed by atoms with E-state index in [0.29, 0.717) is 5.92 Å². The number of methoxy groups -OCH3 is 1. The summed E-state index contributed by atoms with van der Waals surface area (Å²) in [7, 11) is 1.76. The van der Waals surface area contributed by atoms with Crippen LogP contribution in [0.15, 0.2) is 18.2 Å². The Balaban J connectivity index is 1.60. The zero-order valence-electron chi connectivity index (χ0n) is 13.3. The summed E-state index contributed by atoms with van der Waals surface area (Å²) in [5, 5.41) is 9.87. The highest BCUT2D eigenvalue weighted by Gasteiger charge is 2.29. The Kier molecular flexibility index (Phi) is 3.89. The van der Waals surface area contributed by atoms with Crippen molar-refractivity contribution in [1.29, 1.82) is 0 Å². The van der Waals surface area contributed by atoms with E-state index in [1.807, 2.05) is 0 Å². The van der Waals surface area contributed by atoms with E-state index in [9.17, 15) is 0 Å². The number of nitrogens with zero attached hydrogens (tertiary/aromatic N) is 2. The fourth-order valence-electron chi connectivity index (χ4n) is 3.09. The number of rotatable bonds is 8. The van der Waals surface area contributed by atoms with Crippen LogP contribution in [0.3, 0.4) is 0 Å². The van der Waals surface area contributed by atoms with Gasteiger partial charge in [-0.2, -0.15) is 5.10 Å². The van der Waals surface area contributed by atoms with Gasteiger partial charge in [0.15, 0.2) is 0 Å². The lowest BCUT2D eigenvalue weighted by molar-refractivity contribution is 0.189. The van der Waals surface area contributed by atoms with Gasteiger partial charge in [0.05, 0.1) is 11.2 Å². The van der Waals surface area contributed by atoms with Crippen LogP contribution in [0.1, 0.15) is 49.3 Å². The topological polar surface area (TPSA) is 39.1 Å². The highest BCUT2D eigenvalue weighted by atomic mass is 16.5. The van der Waals surface area contributed by atoms with Crippen LogP contribution in [0.5, 0.6) is 0 Å². The summed E-state index contributed by atoms with van der Waals surface area (Å²) in [6.07, 6.45) is 6.29. The highest BCUT2D eigenvalue weighted by molar-refractivity contribution is 5.83. The molecular formula is C18H25N3O. The molecule has 2 fully saturated rings. The summed E-state index contributed by atoms with van der Waals surface area (Å²) in [5.41, 5.74) is 3.98. The lowest BCUT2D eigenvalue weighted by Crippen LogP contribution is -2.15. The van der Waals surface area contributed by atoms with Crippen LogP contribution in [0, 0.1) is 0 Å². The minimum absolute atomic E-state index is 0.696. The molecule has 0 aliphatic heterocycles. The molecule has 1 heterocycles. The summed E-state index contributed by atoms with van der Waals surface area (Å²) in [4.78, 5) is 0. The van der Waals surface area contributed by atoms with Gasteiger partial charge >= 0.3 is 0 Å². The van der Waals surface area contributed by atoms with Crippen LogP contribution in [-0.4, -0.2) is 29.5 Å². The van der Waals surface area contributed by atoms with Gasteiger partial charge in [-0.3, -0.25) is 4.68 Å². The Morgan fingerprint density at radius 1 is 1.27 bits per heavy atom. The fourth-order valence-corrected chi connectivity index (χ4v) is 3.09. The molecule has 2 aliphatic rings. The number of fused-ring (bicyclic) bond motifs is 1. The summed E-state index contributed by atoms with van der Waals surface area (Å²) in [5.74, 6) is 0.696. The first-order valence-electron chi connectivity index (χ1n) is 8.57. The average Bonchev–Trinajstić information content (AvgIpc) is 3.44. The van der Waals surface area contributed by atoms with Gasteiger partial charge in [-0.1, -0.05) is 12.1 Å². The first kappa shape index (κ1) is 14.2. The maximum atomic E-state index is 5.19. The summed E-state index contributed by atoms with van der Waals surface area (Å²) in [6, 6.07) is 7.64. The van der Waals surface area contributed by atoms with Gasteiger partial charge in [-0.15, -0.1) is 0 Å². The number of benzene rings is 1. The molecular weight excluding hydrogens is 274 g/mol. The number of hydrogen-bond acceptors (Lipinski definition) is 3. The Hall–Kier alpha value is -1.39. The Morgan fingerprint density at radius 3 is 2.86 bits per heavy atom. The number of aryl methyl sites for hydroxylation is 1. The zero-order valence-corrected chi connectivity index (χ0v) is 13.3. The maximum Gasteiger partial charge on any atom is 0.0734 e. The first-order chi connectivity index (χ1) is 10.8. The first-order valence-corrected chi connectivity index (χ1v) is 8.57. The van der Waals surface area contributed by atoms with E-state index < -0.39 is 0 Å². The quantitative estimate of drug-likeness (QED) is 0.761. The van der Waals surface area contributed by atoms with E-state index in [4.69, 9.17) is 9.84 Å². The molecule has 1 aromatic carbocycles. The molecule has 0 unspecified atom stereocenters. The molecule has 2 saturated carbocycles. The molecule has 0 spiro atoms. The normalized spacial score (nSPS) is 18.2. The molecule has 0 radical (unpaired) electrons. The van der Waals surface area contributed by atoms with Gasteiger partial charge in [-0.05, 0) is 43.7 Å². The van der Waals surface area contributed by atoms with Crippen molar-refractivity contribution < 1.29 is 4.74 Å². The number of hydrogen-bond donors (Lipinski definition) is 1. The minimum Gasteiger partial charge on any atom is -0.385 e. The van der Waals surface area contributed by atoms with Crippen LogP contribution < -0.4 is 5.32 Å². The Labute approximate surface area is 131 Å². The molecule has 4 rings (SSSR count). The number of ether oxygens (including phenoxy) is 1. The van der Waals surface area contributed by atoms with E-state index >= 15 is 0 Å². The smallest absolute Gasteiger partial charge is 0.0734 e. The van der Waals surface area contributed by atoms with Crippen LogP contribution in [0.4, 0.5) is 0 Å². The standard InChI is InChI=1S/C18H25N3O/c1-22-10-2-9-21-17-11-13(12-19-15-6-7-15)3-8-16(17)18(20-21)14-4-5-14/h3,8,11,14-15,19H,2,4-7,9-10,12H2,1H3. The zero-order chi connectivity index (χ0) is 14.9. The van der Waals surface area contributed by atoms with Crippen LogP contribution in [-0.2, 0) is 17.8 Å². The third-order valence-corrected chi connectivity index (χ3v) is 4.70. The van der Waals surface area contributed by atoms with Gasteiger partial charge < -0.3 is 10.1 Å². The van der Waals surface area contributed by atoms with E-state index in [1.54, 1.807) is 7.11 Å². The molecule has 0 atom stereocenters. The molecule has 2 aromatic rings. The molecule has 1 aromatic heterocycles.